The summed E-state index contributed by atoms with van der Waals surface area (Å²) in [7, 11) is 0. The van der Waals surface area contributed by atoms with Crippen molar-refractivity contribution in [1.82, 2.24) is 0 Å². The summed E-state index contributed by atoms with van der Waals surface area (Å²) in [5.74, 6) is 0.145. The van der Waals surface area contributed by atoms with Gasteiger partial charge in [-0.3, -0.25) is 4.79 Å². The molecule has 0 bridgehead atoms. The highest BCUT2D eigenvalue weighted by atomic mass is 16.6. The molecule has 1 rings (SSSR count). The highest BCUT2D eigenvalue weighted by molar-refractivity contribution is 5.69. The highest BCUT2D eigenvalue weighted by Crippen LogP contribution is 2.28. The summed E-state index contributed by atoms with van der Waals surface area (Å²) >= 11 is 0. The second-order valence-electron chi connectivity index (χ2n) is 5.74. The van der Waals surface area contributed by atoms with E-state index in [1.165, 1.54) is 6.42 Å². The van der Waals surface area contributed by atoms with Gasteiger partial charge >= 0.3 is 5.97 Å². The molecule has 1 fully saturated rings. The van der Waals surface area contributed by atoms with Gasteiger partial charge in [-0.15, -0.1) is 0 Å². The minimum absolute atomic E-state index is 0.148. The maximum Gasteiger partial charge on any atom is 0.306 e. The van der Waals surface area contributed by atoms with Gasteiger partial charge in [0.25, 0.3) is 0 Å². The largest absolute Gasteiger partial charge is 0.460 e. The fourth-order valence-corrected chi connectivity index (χ4v) is 2.22. The molecule has 1 aliphatic carbocycles. The second-order valence-corrected chi connectivity index (χ2v) is 5.74. The Balaban J connectivity index is 2.25. The molecule has 3 heteroatoms. The number of aliphatic hydroxyl groups excluding tert-OH is 1. The molecular weight excluding hydrogens is 204 g/mol. The van der Waals surface area contributed by atoms with Crippen LogP contribution in [0.25, 0.3) is 0 Å². The number of hydrogen-bond donors (Lipinski definition) is 1. The van der Waals surface area contributed by atoms with Gasteiger partial charge in [-0.2, -0.15) is 0 Å². The van der Waals surface area contributed by atoms with Gasteiger partial charge in [0.1, 0.15) is 5.60 Å². The van der Waals surface area contributed by atoms with Crippen molar-refractivity contribution >= 4 is 5.97 Å². The number of ether oxygens (including phenoxy) is 1. The van der Waals surface area contributed by atoms with Crippen molar-refractivity contribution in [1.29, 1.82) is 0 Å². The lowest BCUT2D eigenvalue weighted by Crippen LogP contribution is -2.27. The first kappa shape index (κ1) is 13.5. The van der Waals surface area contributed by atoms with Gasteiger partial charge in [0.05, 0.1) is 6.10 Å². The van der Waals surface area contributed by atoms with Crippen LogP contribution in [0, 0.1) is 5.92 Å². The Morgan fingerprint density at radius 2 is 1.94 bits per heavy atom. The fraction of sp³-hybridized carbons (Fsp3) is 0.923. The Kier molecular flexibility index (Phi) is 4.78. The SMILES string of the molecule is CC(C)(C)OC(=O)CCC1CCCCC1O. The van der Waals surface area contributed by atoms with E-state index in [4.69, 9.17) is 4.74 Å². The molecule has 0 saturated heterocycles. The van der Waals surface area contributed by atoms with Crippen LogP contribution >= 0.6 is 0 Å². The highest BCUT2D eigenvalue weighted by Gasteiger charge is 2.24. The minimum atomic E-state index is -0.401. The van der Waals surface area contributed by atoms with E-state index in [1.807, 2.05) is 20.8 Å². The van der Waals surface area contributed by atoms with Gasteiger partial charge < -0.3 is 9.84 Å². The number of carbonyl (C=O) groups excluding carboxylic acids is 1. The lowest BCUT2D eigenvalue weighted by Gasteiger charge is -2.27. The first-order valence-electron chi connectivity index (χ1n) is 6.28. The van der Waals surface area contributed by atoms with E-state index in [-0.39, 0.29) is 12.1 Å². The van der Waals surface area contributed by atoms with Crippen molar-refractivity contribution in [3.63, 3.8) is 0 Å². The van der Waals surface area contributed by atoms with Gasteiger partial charge in [0, 0.05) is 6.42 Å². The minimum Gasteiger partial charge on any atom is -0.460 e. The van der Waals surface area contributed by atoms with Crippen LogP contribution in [0.1, 0.15) is 59.3 Å². The Morgan fingerprint density at radius 3 is 2.50 bits per heavy atom. The summed E-state index contributed by atoms with van der Waals surface area (Å²) in [6.07, 6.45) is 5.20. The molecule has 0 aromatic rings. The number of aliphatic hydroxyl groups is 1. The standard InChI is InChI=1S/C13H24O3/c1-13(2,3)16-12(15)9-8-10-6-4-5-7-11(10)14/h10-11,14H,4-9H2,1-3H3. The van der Waals surface area contributed by atoms with E-state index in [9.17, 15) is 9.90 Å². The molecule has 1 saturated carbocycles. The average Bonchev–Trinajstić information content (AvgIpc) is 2.14. The van der Waals surface area contributed by atoms with Crippen LogP contribution in [-0.2, 0) is 9.53 Å². The summed E-state index contributed by atoms with van der Waals surface area (Å²) < 4.78 is 5.24. The van der Waals surface area contributed by atoms with Crippen molar-refractivity contribution in [3.8, 4) is 0 Å². The lowest BCUT2D eigenvalue weighted by atomic mass is 9.83. The molecule has 0 radical (unpaired) electrons. The van der Waals surface area contributed by atoms with Gasteiger partial charge in [-0.1, -0.05) is 12.8 Å². The van der Waals surface area contributed by atoms with Crippen LogP contribution in [0.3, 0.4) is 0 Å². The lowest BCUT2D eigenvalue weighted by molar-refractivity contribution is -0.155. The molecule has 0 aromatic heterocycles. The monoisotopic (exact) mass is 228 g/mol. The van der Waals surface area contributed by atoms with Crippen LogP contribution in [0.15, 0.2) is 0 Å². The number of hydrogen-bond acceptors (Lipinski definition) is 3. The Morgan fingerprint density at radius 1 is 1.31 bits per heavy atom. The maximum atomic E-state index is 11.5. The van der Waals surface area contributed by atoms with Crippen molar-refractivity contribution in [2.45, 2.75) is 71.0 Å². The summed E-state index contributed by atoms with van der Waals surface area (Å²) in [6, 6.07) is 0. The van der Waals surface area contributed by atoms with E-state index < -0.39 is 5.60 Å². The predicted molar refractivity (Wildman–Crippen MR) is 63.0 cm³/mol. The van der Waals surface area contributed by atoms with Gasteiger partial charge in [0.15, 0.2) is 0 Å². The van der Waals surface area contributed by atoms with E-state index in [2.05, 4.69) is 0 Å². The Hall–Kier alpha value is -0.570. The maximum absolute atomic E-state index is 11.5. The average molecular weight is 228 g/mol. The zero-order valence-corrected chi connectivity index (χ0v) is 10.7. The number of carbonyl (C=O) groups is 1. The van der Waals surface area contributed by atoms with Crippen molar-refractivity contribution < 1.29 is 14.6 Å². The molecular formula is C13H24O3. The summed E-state index contributed by atoms with van der Waals surface area (Å²) in [4.78, 5) is 11.5. The number of esters is 1. The van der Waals surface area contributed by atoms with Crippen molar-refractivity contribution in [2.24, 2.45) is 5.92 Å². The van der Waals surface area contributed by atoms with Gasteiger partial charge in [-0.05, 0) is 46.0 Å². The topological polar surface area (TPSA) is 46.5 Å². The predicted octanol–water partition coefficient (Wildman–Crippen LogP) is 2.66. The molecule has 0 aromatic carbocycles. The van der Waals surface area contributed by atoms with Crippen molar-refractivity contribution in [3.05, 3.63) is 0 Å². The molecule has 0 aliphatic heterocycles. The first-order valence-corrected chi connectivity index (χ1v) is 6.28. The molecule has 1 aliphatic rings. The molecule has 2 atom stereocenters. The molecule has 0 amide bonds. The van der Waals surface area contributed by atoms with Crippen LogP contribution < -0.4 is 0 Å². The Bertz CT molecular complexity index is 230. The first-order chi connectivity index (χ1) is 7.38. The molecule has 1 N–H and O–H groups in total. The third kappa shape index (κ3) is 4.97. The van der Waals surface area contributed by atoms with Gasteiger partial charge in [0.2, 0.25) is 0 Å². The fourth-order valence-electron chi connectivity index (χ4n) is 2.22. The summed E-state index contributed by atoms with van der Waals surface area (Å²) in [5.41, 5.74) is -0.401. The van der Waals surface area contributed by atoms with E-state index in [0.29, 0.717) is 12.3 Å². The molecule has 94 valence electrons. The Labute approximate surface area is 98.2 Å². The number of rotatable bonds is 3. The molecule has 16 heavy (non-hydrogen) atoms. The van der Waals surface area contributed by atoms with E-state index in [1.54, 1.807) is 0 Å². The van der Waals surface area contributed by atoms with Crippen LogP contribution in [0.5, 0.6) is 0 Å². The molecule has 0 spiro atoms. The van der Waals surface area contributed by atoms with E-state index >= 15 is 0 Å². The normalized spacial score (nSPS) is 26.5. The van der Waals surface area contributed by atoms with Crippen LogP contribution in [0.2, 0.25) is 0 Å². The zero-order valence-electron chi connectivity index (χ0n) is 10.7. The van der Waals surface area contributed by atoms with E-state index in [0.717, 1.165) is 25.7 Å². The van der Waals surface area contributed by atoms with Crippen molar-refractivity contribution in [2.75, 3.05) is 0 Å². The molecule has 3 nitrogen and oxygen atoms in total. The third-order valence-electron chi connectivity index (χ3n) is 3.01. The van der Waals surface area contributed by atoms with Crippen LogP contribution in [0.4, 0.5) is 0 Å². The third-order valence-corrected chi connectivity index (χ3v) is 3.01. The summed E-state index contributed by atoms with van der Waals surface area (Å²) in [5, 5.41) is 9.76. The molecule has 0 heterocycles. The van der Waals surface area contributed by atoms with Crippen LogP contribution in [-0.4, -0.2) is 22.8 Å². The van der Waals surface area contributed by atoms with Gasteiger partial charge in [-0.25, -0.2) is 0 Å². The molecule has 2 unspecified atom stereocenters. The quantitative estimate of drug-likeness (QED) is 0.755. The smallest absolute Gasteiger partial charge is 0.306 e. The second kappa shape index (κ2) is 5.67. The summed E-state index contributed by atoms with van der Waals surface area (Å²) in [6.45, 7) is 5.63. The zero-order chi connectivity index (χ0) is 12.2.